The Labute approximate surface area is 120 Å². The van der Waals surface area contributed by atoms with Gasteiger partial charge in [0.2, 0.25) is 10.0 Å². The Morgan fingerprint density at radius 3 is 2.80 bits per heavy atom. The number of nitrogens with one attached hydrogen (secondary N) is 1. The second kappa shape index (κ2) is 7.28. The van der Waals surface area contributed by atoms with Crippen LogP contribution < -0.4 is 4.72 Å². The second-order valence-electron chi connectivity index (χ2n) is 3.60. The van der Waals surface area contributed by atoms with Gasteiger partial charge in [0.25, 0.3) is 0 Å². The predicted molar refractivity (Wildman–Crippen MR) is 74.7 cm³/mol. The number of carboxylic acids is 1. The molecular weight excluding hydrogens is 305 g/mol. The summed E-state index contributed by atoms with van der Waals surface area (Å²) in [6.45, 7) is 0.147. The zero-order chi connectivity index (χ0) is 15.2. The maximum absolute atomic E-state index is 13.2. The minimum Gasteiger partial charge on any atom is -0.478 e. The fourth-order valence-electron chi connectivity index (χ4n) is 1.30. The summed E-state index contributed by atoms with van der Waals surface area (Å²) in [5.41, 5.74) is -0.686. The summed E-state index contributed by atoms with van der Waals surface area (Å²) < 4.78 is 39.2. The third-order valence-corrected chi connectivity index (χ3v) is 4.52. The molecule has 0 radical (unpaired) electrons. The monoisotopic (exact) mass is 317 g/mol. The SMILES string of the molecule is C#CCSCCNS(=O)(=O)c1ccc(F)c(C(=O)O)c1. The zero-order valence-corrected chi connectivity index (χ0v) is 11.9. The minimum absolute atomic E-state index is 0.147. The molecule has 0 atom stereocenters. The Morgan fingerprint density at radius 1 is 1.50 bits per heavy atom. The molecule has 20 heavy (non-hydrogen) atoms. The van der Waals surface area contributed by atoms with E-state index in [0.29, 0.717) is 11.5 Å². The molecular formula is C12H12FNO4S2. The Kier molecular flexibility index (Phi) is 6.01. The van der Waals surface area contributed by atoms with Gasteiger partial charge in [-0.05, 0) is 18.2 Å². The van der Waals surface area contributed by atoms with Gasteiger partial charge in [0, 0.05) is 12.3 Å². The first-order chi connectivity index (χ1) is 9.38. The van der Waals surface area contributed by atoms with E-state index in [4.69, 9.17) is 11.5 Å². The van der Waals surface area contributed by atoms with Gasteiger partial charge in [0.05, 0.1) is 16.2 Å². The number of carbonyl (C=O) groups is 1. The number of rotatable bonds is 7. The molecule has 0 aliphatic rings. The molecule has 0 aromatic heterocycles. The molecule has 1 aromatic rings. The number of hydrogen-bond acceptors (Lipinski definition) is 4. The van der Waals surface area contributed by atoms with Crippen LogP contribution in [0, 0.1) is 18.2 Å². The maximum Gasteiger partial charge on any atom is 0.338 e. The average molecular weight is 317 g/mol. The first kappa shape index (κ1) is 16.5. The molecule has 108 valence electrons. The van der Waals surface area contributed by atoms with Crippen LogP contribution in [0.5, 0.6) is 0 Å². The fourth-order valence-corrected chi connectivity index (χ4v) is 2.99. The van der Waals surface area contributed by atoms with Crippen LogP contribution in [0.1, 0.15) is 10.4 Å². The Balaban J connectivity index is 2.80. The molecule has 0 saturated carbocycles. The van der Waals surface area contributed by atoms with Crippen molar-refractivity contribution in [2.75, 3.05) is 18.1 Å². The summed E-state index contributed by atoms with van der Waals surface area (Å²) in [6, 6.07) is 2.61. The van der Waals surface area contributed by atoms with Crippen molar-refractivity contribution in [2.45, 2.75) is 4.90 Å². The van der Waals surface area contributed by atoms with Crippen molar-refractivity contribution in [1.82, 2.24) is 4.72 Å². The molecule has 0 aliphatic carbocycles. The van der Waals surface area contributed by atoms with Crippen molar-refractivity contribution < 1.29 is 22.7 Å². The van der Waals surface area contributed by atoms with Gasteiger partial charge in [0.1, 0.15) is 5.82 Å². The van der Waals surface area contributed by atoms with Gasteiger partial charge in [-0.2, -0.15) is 0 Å². The molecule has 0 amide bonds. The number of terminal acetylenes is 1. The minimum atomic E-state index is -3.87. The highest BCUT2D eigenvalue weighted by Crippen LogP contribution is 2.15. The van der Waals surface area contributed by atoms with Gasteiger partial charge in [-0.1, -0.05) is 5.92 Å². The first-order valence-corrected chi connectivity index (χ1v) is 8.06. The molecule has 8 heteroatoms. The number of sulfonamides is 1. The molecule has 2 N–H and O–H groups in total. The molecule has 0 saturated heterocycles. The number of hydrogen-bond donors (Lipinski definition) is 2. The highest BCUT2D eigenvalue weighted by molar-refractivity contribution is 7.99. The first-order valence-electron chi connectivity index (χ1n) is 5.42. The van der Waals surface area contributed by atoms with Crippen LogP contribution in [0.4, 0.5) is 4.39 Å². The fraction of sp³-hybridized carbons (Fsp3) is 0.250. The maximum atomic E-state index is 13.2. The van der Waals surface area contributed by atoms with Crippen LogP contribution in [0.3, 0.4) is 0 Å². The number of benzene rings is 1. The van der Waals surface area contributed by atoms with Gasteiger partial charge in [0.15, 0.2) is 0 Å². The Morgan fingerprint density at radius 2 is 2.20 bits per heavy atom. The van der Waals surface area contributed by atoms with E-state index in [1.165, 1.54) is 11.8 Å². The summed E-state index contributed by atoms with van der Waals surface area (Å²) in [6.07, 6.45) is 5.05. The molecule has 5 nitrogen and oxygen atoms in total. The van der Waals surface area contributed by atoms with Crippen molar-refractivity contribution in [3.05, 3.63) is 29.6 Å². The molecule has 0 heterocycles. The lowest BCUT2D eigenvalue weighted by Gasteiger charge is -2.07. The van der Waals surface area contributed by atoms with Crippen LogP contribution in [0.15, 0.2) is 23.1 Å². The normalized spacial score (nSPS) is 11.0. The van der Waals surface area contributed by atoms with Crippen LogP contribution in [0.25, 0.3) is 0 Å². The van der Waals surface area contributed by atoms with Crippen LogP contribution in [0.2, 0.25) is 0 Å². The lowest BCUT2D eigenvalue weighted by atomic mass is 10.2. The van der Waals surface area contributed by atoms with Gasteiger partial charge >= 0.3 is 5.97 Å². The molecule has 0 bridgehead atoms. The molecule has 0 spiro atoms. The van der Waals surface area contributed by atoms with Crippen LogP contribution in [-0.2, 0) is 10.0 Å². The van der Waals surface area contributed by atoms with E-state index in [2.05, 4.69) is 10.6 Å². The van der Waals surface area contributed by atoms with Gasteiger partial charge < -0.3 is 5.11 Å². The molecule has 0 unspecified atom stereocenters. The summed E-state index contributed by atoms with van der Waals surface area (Å²) in [4.78, 5) is 10.5. The van der Waals surface area contributed by atoms with Crippen LogP contribution >= 0.6 is 11.8 Å². The quantitative estimate of drug-likeness (QED) is 0.582. The highest BCUT2D eigenvalue weighted by Gasteiger charge is 2.18. The Bertz CT molecular complexity index is 637. The van der Waals surface area contributed by atoms with Crippen molar-refractivity contribution in [3.63, 3.8) is 0 Å². The topological polar surface area (TPSA) is 83.5 Å². The highest BCUT2D eigenvalue weighted by atomic mass is 32.2. The molecule has 1 rings (SSSR count). The van der Waals surface area contributed by atoms with E-state index in [0.717, 1.165) is 18.2 Å². The summed E-state index contributed by atoms with van der Waals surface area (Å²) in [7, 11) is -3.87. The lowest BCUT2D eigenvalue weighted by molar-refractivity contribution is 0.0691. The van der Waals surface area contributed by atoms with Gasteiger partial charge in [-0.15, -0.1) is 18.2 Å². The number of halogens is 1. The van der Waals surface area contributed by atoms with E-state index >= 15 is 0 Å². The van der Waals surface area contributed by atoms with Crippen LogP contribution in [-0.4, -0.2) is 37.5 Å². The van der Waals surface area contributed by atoms with E-state index < -0.39 is 27.4 Å². The Hall–Kier alpha value is -1.56. The van der Waals surface area contributed by atoms with Gasteiger partial charge in [-0.25, -0.2) is 22.3 Å². The number of thioether (sulfide) groups is 1. The van der Waals surface area contributed by atoms with E-state index in [-0.39, 0.29) is 11.4 Å². The van der Waals surface area contributed by atoms with Crippen molar-refractivity contribution in [3.8, 4) is 12.3 Å². The van der Waals surface area contributed by atoms with E-state index in [9.17, 15) is 17.6 Å². The largest absolute Gasteiger partial charge is 0.478 e. The summed E-state index contributed by atoms with van der Waals surface area (Å²) in [5.74, 6) is 0.849. The standard InChI is InChI=1S/C12H12FNO4S2/c1-2-6-19-7-5-14-20(17,18)9-3-4-11(13)10(8-9)12(15)16/h1,3-4,8,14H,5-7H2,(H,15,16). The zero-order valence-electron chi connectivity index (χ0n) is 10.3. The summed E-state index contributed by atoms with van der Waals surface area (Å²) >= 11 is 1.38. The van der Waals surface area contributed by atoms with Gasteiger partial charge in [-0.3, -0.25) is 0 Å². The molecule has 1 aromatic carbocycles. The van der Waals surface area contributed by atoms with Crippen molar-refractivity contribution >= 4 is 27.8 Å². The number of aromatic carboxylic acids is 1. The number of carboxylic acid groups (broad SMARTS) is 1. The summed E-state index contributed by atoms with van der Waals surface area (Å²) in [5, 5.41) is 8.75. The second-order valence-corrected chi connectivity index (χ2v) is 6.47. The van der Waals surface area contributed by atoms with Crippen molar-refractivity contribution in [1.29, 1.82) is 0 Å². The van der Waals surface area contributed by atoms with E-state index in [1.807, 2.05) is 0 Å². The predicted octanol–water partition coefficient (Wildman–Crippen LogP) is 1.17. The third kappa shape index (κ3) is 4.52. The van der Waals surface area contributed by atoms with E-state index in [1.54, 1.807) is 0 Å². The molecule has 0 aliphatic heterocycles. The van der Waals surface area contributed by atoms with Crippen molar-refractivity contribution in [2.24, 2.45) is 0 Å². The molecule has 0 fully saturated rings. The smallest absolute Gasteiger partial charge is 0.338 e. The lowest BCUT2D eigenvalue weighted by Crippen LogP contribution is -2.26. The third-order valence-electron chi connectivity index (χ3n) is 2.20. The average Bonchev–Trinajstić information content (AvgIpc) is 2.38.